The number of halogens is 1. The minimum Gasteiger partial charge on any atom is -0.475 e. The zero-order chi connectivity index (χ0) is 10.6. The quantitative estimate of drug-likeness (QED) is 0.664. The van der Waals surface area contributed by atoms with E-state index < -0.39 is 11.8 Å². The van der Waals surface area contributed by atoms with Crippen LogP contribution in [-0.2, 0) is 9.59 Å². The average molecular weight is 255 g/mol. The number of carboxylic acids is 1. The number of hydrogen-bond acceptors (Lipinski definition) is 2. The van der Waals surface area contributed by atoms with Crippen molar-refractivity contribution >= 4 is 33.8 Å². The van der Waals surface area contributed by atoms with Gasteiger partial charge in [0.25, 0.3) is 5.78 Å². The highest BCUT2D eigenvalue weighted by molar-refractivity contribution is 9.10. The molecule has 72 valence electrons. The van der Waals surface area contributed by atoms with E-state index in [4.69, 9.17) is 5.11 Å². The maximum Gasteiger partial charge on any atom is 0.376 e. The Kier molecular flexibility index (Phi) is 3.59. The molecule has 0 aromatic heterocycles. The molecule has 0 saturated heterocycles. The van der Waals surface area contributed by atoms with Crippen molar-refractivity contribution in [1.82, 2.24) is 0 Å². The molecule has 4 heteroatoms. The summed E-state index contributed by atoms with van der Waals surface area (Å²) in [4.78, 5) is 20.9. The lowest BCUT2D eigenvalue weighted by molar-refractivity contribution is -0.146. The molecule has 0 amide bonds. The zero-order valence-corrected chi connectivity index (χ0v) is 8.69. The first-order valence-corrected chi connectivity index (χ1v) is 4.60. The van der Waals surface area contributed by atoms with Crippen LogP contribution in [0.25, 0.3) is 6.08 Å². The van der Waals surface area contributed by atoms with Gasteiger partial charge >= 0.3 is 5.97 Å². The van der Waals surface area contributed by atoms with Crippen LogP contribution in [0, 0.1) is 0 Å². The van der Waals surface area contributed by atoms with E-state index in [-0.39, 0.29) is 0 Å². The molecular weight excluding hydrogens is 248 g/mol. The summed E-state index contributed by atoms with van der Waals surface area (Å²) in [5.74, 6) is -2.37. The fourth-order valence-corrected chi connectivity index (χ4v) is 1.27. The van der Waals surface area contributed by atoms with Gasteiger partial charge in [0.15, 0.2) is 0 Å². The third-order valence-corrected chi connectivity index (χ3v) is 1.98. The maximum absolute atomic E-state index is 10.7. The lowest BCUT2D eigenvalue weighted by atomic mass is 10.2. The molecule has 3 nitrogen and oxygen atoms in total. The van der Waals surface area contributed by atoms with Crippen molar-refractivity contribution in [3.63, 3.8) is 0 Å². The van der Waals surface area contributed by atoms with Gasteiger partial charge in [0.2, 0.25) is 0 Å². The predicted molar refractivity (Wildman–Crippen MR) is 55.8 cm³/mol. The van der Waals surface area contributed by atoms with Gasteiger partial charge in [0, 0.05) is 4.47 Å². The Morgan fingerprint density at radius 2 is 2.07 bits per heavy atom. The van der Waals surface area contributed by atoms with Crippen LogP contribution >= 0.6 is 15.9 Å². The molecule has 0 aliphatic rings. The normalized spacial score (nSPS) is 10.4. The molecular formula is C10H7BrO3. The van der Waals surface area contributed by atoms with E-state index in [2.05, 4.69) is 15.9 Å². The molecule has 0 fully saturated rings. The first-order chi connectivity index (χ1) is 6.59. The van der Waals surface area contributed by atoms with Crippen LogP contribution in [-0.4, -0.2) is 16.9 Å². The van der Waals surface area contributed by atoms with Crippen LogP contribution < -0.4 is 0 Å². The summed E-state index contributed by atoms with van der Waals surface area (Å²) in [7, 11) is 0. The number of rotatable bonds is 3. The van der Waals surface area contributed by atoms with Gasteiger partial charge in [-0.3, -0.25) is 4.79 Å². The smallest absolute Gasteiger partial charge is 0.376 e. The van der Waals surface area contributed by atoms with Gasteiger partial charge in [-0.1, -0.05) is 34.1 Å². The van der Waals surface area contributed by atoms with Crippen molar-refractivity contribution in [2.45, 2.75) is 0 Å². The minimum absolute atomic E-state index is 0.772. The fraction of sp³-hybridized carbons (Fsp3) is 0. The molecule has 1 aromatic rings. The Morgan fingerprint density at radius 1 is 1.36 bits per heavy atom. The summed E-state index contributed by atoms with van der Waals surface area (Å²) >= 11 is 3.26. The molecule has 0 aliphatic carbocycles. The van der Waals surface area contributed by atoms with Crippen LogP contribution in [0.3, 0.4) is 0 Å². The lowest BCUT2D eigenvalue weighted by Crippen LogP contribution is -2.08. The predicted octanol–water partition coefficient (Wildman–Crippen LogP) is 2.12. The first-order valence-electron chi connectivity index (χ1n) is 3.80. The monoisotopic (exact) mass is 254 g/mol. The van der Waals surface area contributed by atoms with E-state index in [9.17, 15) is 9.59 Å². The maximum atomic E-state index is 10.7. The van der Waals surface area contributed by atoms with E-state index in [1.54, 1.807) is 18.2 Å². The highest BCUT2D eigenvalue weighted by Gasteiger charge is 2.05. The summed E-state index contributed by atoms with van der Waals surface area (Å²) in [6, 6.07) is 7.20. The van der Waals surface area contributed by atoms with Crippen LogP contribution in [0.1, 0.15) is 5.56 Å². The largest absolute Gasteiger partial charge is 0.475 e. The number of benzene rings is 1. The fourth-order valence-electron chi connectivity index (χ4n) is 0.853. The van der Waals surface area contributed by atoms with Gasteiger partial charge in [-0.2, -0.15) is 0 Å². The number of hydrogen-bond donors (Lipinski definition) is 1. The molecule has 0 heterocycles. The number of carboxylic acid groups (broad SMARTS) is 1. The second-order valence-electron chi connectivity index (χ2n) is 2.56. The van der Waals surface area contributed by atoms with Crippen molar-refractivity contribution < 1.29 is 14.7 Å². The van der Waals surface area contributed by atoms with Crippen molar-refractivity contribution in [2.24, 2.45) is 0 Å². The molecule has 0 unspecified atom stereocenters. The topological polar surface area (TPSA) is 54.4 Å². The molecule has 1 aromatic carbocycles. The Bertz CT molecular complexity index is 396. The third-order valence-electron chi connectivity index (χ3n) is 1.49. The van der Waals surface area contributed by atoms with E-state index in [1.165, 1.54) is 6.08 Å². The summed E-state index contributed by atoms with van der Waals surface area (Å²) in [5.41, 5.74) is 0.772. The number of ketones is 1. The summed E-state index contributed by atoms with van der Waals surface area (Å²) in [6.45, 7) is 0. The second-order valence-corrected chi connectivity index (χ2v) is 3.47. The van der Waals surface area contributed by atoms with Gasteiger partial charge < -0.3 is 5.11 Å². The van der Waals surface area contributed by atoms with Crippen LogP contribution in [0.5, 0.6) is 0 Å². The highest BCUT2D eigenvalue weighted by Crippen LogP contribution is 2.12. The number of carbonyl (C=O) groups excluding carboxylic acids is 1. The number of carbonyl (C=O) groups is 2. The van der Waals surface area contributed by atoms with Gasteiger partial charge in [-0.05, 0) is 23.8 Å². The SMILES string of the molecule is O=C(O)C(=O)/C=C/c1cccc(Br)c1. The molecule has 0 bridgehead atoms. The Hall–Kier alpha value is -1.42. The molecule has 0 aliphatic heterocycles. The van der Waals surface area contributed by atoms with Crippen molar-refractivity contribution in [1.29, 1.82) is 0 Å². The van der Waals surface area contributed by atoms with Gasteiger partial charge in [0.1, 0.15) is 0 Å². The molecule has 14 heavy (non-hydrogen) atoms. The van der Waals surface area contributed by atoms with Crippen LogP contribution in [0.4, 0.5) is 0 Å². The zero-order valence-electron chi connectivity index (χ0n) is 7.11. The van der Waals surface area contributed by atoms with Crippen molar-refractivity contribution in [3.8, 4) is 0 Å². The third kappa shape index (κ3) is 3.14. The van der Waals surface area contributed by atoms with Crippen LogP contribution in [0.2, 0.25) is 0 Å². The standard InChI is InChI=1S/C10H7BrO3/c11-8-3-1-2-7(6-8)4-5-9(12)10(13)14/h1-6H,(H,13,14)/b5-4+. The molecule has 1 rings (SSSR count). The van der Waals surface area contributed by atoms with E-state index >= 15 is 0 Å². The Labute approximate surface area is 89.2 Å². The van der Waals surface area contributed by atoms with E-state index in [0.717, 1.165) is 16.1 Å². The first kappa shape index (κ1) is 10.7. The minimum atomic E-state index is -1.45. The number of aliphatic carboxylic acids is 1. The summed E-state index contributed by atoms with van der Waals surface area (Å²) < 4.78 is 0.877. The van der Waals surface area contributed by atoms with E-state index in [0.29, 0.717) is 0 Å². The lowest BCUT2D eigenvalue weighted by Gasteiger charge is -1.92. The van der Waals surface area contributed by atoms with Gasteiger partial charge in [0.05, 0.1) is 0 Å². The second kappa shape index (κ2) is 4.72. The Morgan fingerprint density at radius 3 is 2.64 bits per heavy atom. The van der Waals surface area contributed by atoms with Crippen molar-refractivity contribution in [3.05, 3.63) is 40.4 Å². The van der Waals surface area contributed by atoms with Crippen molar-refractivity contribution in [2.75, 3.05) is 0 Å². The van der Waals surface area contributed by atoms with E-state index in [1.807, 2.05) is 6.07 Å². The van der Waals surface area contributed by atoms with Gasteiger partial charge in [-0.25, -0.2) is 4.79 Å². The highest BCUT2D eigenvalue weighted by atomic mass is 79.9. The molecule has 0 saturated carbocycles. The average Bonchev–Trinajstić information content (AvgIpc) is 2.14. The molecule has 0 atom stereocenters. The molecule has 0 radical (unpaired) electrons. The van der Waals surface area contributed by atoms with Crippen LogP contribution in [0.15, 0.2) is 34.8 Å². The molecule has 1 N–H and O–H groups in total. The molecule has 0 spiro atoms. The summed E-state index contributed by atoms with van der Waals surface area (Å²) in [5, 5.41) is 8.30. The Balaban J connectivity index is 2.79. The summed E-state index contributed by atoms with van der Waals surface area (Å²) in [6.07, 6.45) is 2.49. The van der Waals surface area contributed by atoms with Gasteiger partial charge in [-0.15, -0.1) is 0 Å².